The van der Waals surface area contributed by atoms with E-state index in [9.17, 15) is 0 Å². The standard InChI is InChI=1S/C12H16BrN/c13-11-6-3-10(4-7-11)5-8-12-2-1-9-14-12/h3-4,6-7,12,14H,1-2,5,8-9H2. The van der Waals surface area contributed by atoms with E-state index in [0.717, 1.165) is 6.04 Å². The van der Waals surface area contributed by atoms with Crippen molar-refractivity contribution in [3.63, 3.8) is 0 Å². The van der Waals surface area contributed by atoms with Gasteiger partial charge in [0.1, 0.15) is 0 Å². The van der Waals surface area contributed by atoms with Crippen LogP contribution in [0.15, 0.2) is 28.7 Å². The molecule has 1 aromatic carbocycles. The van der Waals surface area contributed by atoms with Crippen LogP contribution in [0.5, 0.6) is 0 Å². The lowest BCUT2D eigenvalue weighted by Crippen LogP contribution is -2.21. The molecule has 1 aliphatic rings. The number of hydrogen-bond donors (Lipinski definition) is 1. The number of rotatable bonds is 3. The summed E-state index contributed by atoms with van der Waals surface area (Å²) < 4.78 is 1.17. The van der Waals surface area contributed by atoms with Crippen molar-refractivity contribution in [1.29, 1.82) is 0 Å². The average molecular weight is 254 g/mol. The van der Waals surface area contributed by atoms with E-state index in [1.165, 1.54) is 42.3 Å². The lowest BCUT2D eigenvalue weighted by Gasteiger charge is -2.09. The molecule has 76 valence electrons. The molecule has 1 nitrogen and oxygen atoms in total. The summed E-state index contributed by atoms with van der Waals surface area (Å²) in [5, 5.41) is 3.53. The van der Waals surface area contributed by atoms with Crippen molar-refractivity contribution in [2.75, 3.05) is 6.54 Å². The predicted octanol–water partition coefficient (Wildman–Crippen LogP) is 3.13. The Bertz CT molecular complexity index is 275. The molecule has 14 heavy (non-hydrogen) atoms. The summed E-state index contributed by atoms with van der Waals surface area (Å²) in [6.07, 6.45) is 5.19. The van der Waals surface area contributed by atoms with Gasteiger partial charge in [-0.3, -0.25) is 0 Å². The molecule has 0 radical (unpaired) electrons. The van der Waals surface area contributed by atoms with Crippen LogP contribution in [-0.4, -0.2) is 12.6 Å². The smallest absolute Gasteiger partial charge is 0.0175 e. The SMILES string of the molecule is Brc1ccc(CCC2CCCN2)cc1. The fourth-order valence-electron chi connectivity index (χ4n) is 2.00. The third kappa shape index (κ3) is 2.82. The molecule has 0 spiro atoms. The Balaban J connectivity index is 1.82. The number of hydrogen-bond acceptors (Lipinski definition) is 1. The highest BCUT2D eigenvalue weighted by molar-refractivity contribution is 9.10. The number of halogens is 1. The summed E-state index contributed by atoms with van der Waals surface area (Å²) in [4.78, 5) is 0. The van der Waals surface area contributed by atoms with Crippen molar-refractivity contribution in [3.8, 4) is 0 Å². The van der Waals surface area contributed by atoms with Gasteiger partial charge in [-0.15, -0.1) is 0 Å². The van der Waals surface area contributed by atoms with Gasteiger partial charge in [0.25, 0.3) is 0 Å². The maximum absolute atomic E-state index is 3.53. The topological polar surface area (TPSA) is 12.0 Å². The fourth-order valence-corrected chi connectivity index (χ4v) is 2.26. The molecule has 0 bridgehead atoms. The lowest BCUT2D eigenvalue weighted by atomic mass is 10.0. The molecular formula is C12H16BrN. The zero-order valence-corrected chi connectivity index (χ0v) is 9.89. The first-order valence-electron chi connectivity index (χ1n) is 5.32. The Hall–Kier alpha value is -0.340. The van der Waals surface area contributed by atoms with Crippen LogP contribution < -0.4 is 5.32 Å². The second kappa shape index (κ2) is 4.94. The first kappa shape index (κ1) is 10.2. The molecule has 0 saturated carbocycles. The summed E-state index contributed by atoms with van der Waals surface area (Å²) in [7, 11) is 0. The van der Waals surface area contributed by atoms with E-state index < -0.39 is 0 Å². The van der Waals surface area contributed by atoms with Gasteiger partial charge < -0.3 is 5.32 Å². The highest BCUT2D eigenvalue weighted by atomic mass is 79.9. The van der Waals surface area contributed by atoms with Gasteiger partial charge in [0.2, 0.25) is 0 Å². The number of nitrogens with one attached hydrogen (secondary N) is 1. The Labute approximate surface area is 94.0 Å². The molecule has 0 aliphatic carbocycles. The fraction of sp³-hybridized carbons (Fsp3) is 0.500. The molecule has 2 rings (SSSR count). The zero-order chi connectivity index (χ0) is 9.80. The molecule has 1 atom stereocenters. The zero-order valence-electron chi connectivity index (χ0n) is 8.30. The van der Waals surface area contributed by atoms with Gasteiger partial charge in [-0.1, -0.05) is 28.1 Å². The summed E-state index contributed by atoms with van der Waals surface area (Å²) >= 11 is 3.45. The molecule has 1 N–H and O–H groups in total. The maximum atomic E-state index is 3.53. The Morgan fingerprint density at radius 3 is 2.71 bits per heavy atom. The van der Waals surface area contributed by atoms with Crippen LogP contribution in [0, 0.1) is 0 Å². The molecule has 1 aromatic rings. The summed E-state index contributed by atoms with van der Waals surface area (Å²) in [6, 6.07) is 9.42. The number of aryl methyl sites for hydroxylation is 1. The summed E-state index contributed by atoms with van der Waals surface area (Å²) in [5.41, 5.74) is 1.45. The van der Waals surface area contributed by atoms with Crippen molar-refractivity contribution in [2.45, 2.75) is 31.7 Å². The van der Waals surface area contributed by atoms with Crippen LogP contribution in [0.1, 0.15) is 24.8 Å². The predicted molar refractivity (Wildman–Crippen MR) is 63.5 cm³/mol. The van der Waals surface area contributed by atoms with E-state index in [1.54, 1.807) is 0 Å². The minimum atomic E-state index is 0.763. The molecule has 0 amide bonds. The van der Waals surface area contributed by atoms with E-state index in [4.69, 9.17) is 0 Å². The monoisotopic (exact) mass is 253 g/mol. The highest BCUT2D eigenvalue weighted by Gasteiger charge is 2.12. The minimum Gasteiger partial charge on any atom is -0.314 e. The molecule has 1 heterocycles. The first-order valence-corrected chi connectivity index (χ1v) is 6.12. The maximum Gasteiger partial charge on any atom is 0.0175 e. The molecule has 1 unspecified atom stereocenters. The Morgan fingerprint density at radius 1 is 1.29 bits per heavy atom. The highest BCUT2D eigenvalue weighted by Crippen LogP contribution is 2.15. The van der Waals surface area contributed by atoms with Gasteiger partial charge in [-0.05, 0) is 49.9 Å². The molecule has 1 fully saturated rings. The Morgan fingerprint density at radius 2 is 2.07 bits per heavy atom. The largest absolute Gasteiger partial charge is 0.314 e. The van der Waals surface area contributed by atoms with Crippen molar-refractivity contribution in [1.82, 2.24) is 5.32 Å². The normalized spacial score (nSPS) is 21.4. The van der Waals surface area contributed by atoms with Gasteiger partial charge >= 0.3 is 0 Å². The second-order valence-electron chi connectivity index (χ2n) is 3.96. The second-order valence-corrected chi connectivity index (χ2v) is 4.87. The van der Waals surface area contributed by atoms with Crippen LogP contribution in [0.2, 0.25) is 0 Å². The van der Waals surface area contributed by atoms with Crippen LogP contribution in [0.4, 0.5) is 0 Å². The van der Waals surface area contributed by atoms with E-state index >= 15 is 0 Å². The van der Waals surface area contributed by atoms with Gasteiger partial charge in [-0.2, -0.15) is 0 Å². The van der Waals surface area contributed by atoms with E-state index in [0.29, 0.717) is 0 Å². The van der Waals surface area contributed by atoms with Crippen LogP contribution in [-0.2, 0) is 6.42 Å². The minimum absolute atomic E-state index is 0.763. The average Bonchev–Trinajstić information content (AvgIpc) is 2.70. The van der Waals surface area contributed by atoms with Crippen molar-refractivity contribution in [2.24, 2.45) is 0 Å². The summed E-state index contributed by atoms with van der Waals surface area (Å²) in [6.45, 7) is 1.21. The molecular weight excluding hydrogens is 238 g/mol. The van der Waals surface area contributed by atoms with Gasteiger partial charge in [0.05, 0.1) is 0 Å². The van der Waals surface area contributed by atoms with Crippen LogP contribution in [0.3, 0.4) is 0 Å². The summed E-state index contributed by atoms with van der Waals surface area (Å²) in [5.74, 6) is 0. The quantitative estimate of drug-likeness (QED) is 0.873. The van der Waals surface area contributed by atoms with Gasteiger partial charge in [0.15, 0.2) is 0 Å². The van der Waals surface area contributed by atoms with Gasteiger partial charge in [-0.25, -0.2) is 0 Å². The van der Waals surface area contributed by atoms with E-state index in [1.807, 2.05) is 0 Å². The van der Waals surface area contributed by atoms with Crippen molar-refractivity contribution < 1.29 is 0 Å². The number of benzene rings is 1. The Kier molecular flexibility index (Phi) is 3.60. The van der Waals surface area contributed by atoms with Crippen molar-refractivity contribution >= 4 is 15.9 Å². The van der Waals surface area contributed by atoms with E-state index in [2.05, 4.69) is 45.5 Å². The molecule has 1 aliphatic heterocycles. The molecule has 0 aromatic heterocycles. The van der Waals surface area contributed by atoms with Crippen molar-refractivity contribution in [3.05, 3.63) is 34.3 Å². The third-order valence-electron chi connectivity index (χ3n) is 2.86. The molecule has 1 saturated heterocycles. The van der Waals surface area contributed by atoms with Gasteiger partial charge in [0, 0.05) is 10.5 Å². The van der Waals surface area contributed by atoms with Crippen LogP contribution >= 0.6 is 15.9 Å². The first-order chi connectivity index (χ1) is 6.84. The molecule has 2 heteroatoms. The lowest BCUT2D eigenvalue weighted by molar-refractivity contribution is 0.559. The van der Waals surface area contributed by atoms with E-state index in [-0.39, 0.29) is 0 Å². The third-order valence-corrected chi connectivity index (χ3v) is 3.39. The van der Waals surface area contributed by atoms with Crippen LogP contribution in [0.25, 0.3) is 0 Å².